The van der Waals surface area contributed by atoms with Crippen LogP contribution in [0.4, 0.5) is 21.1 Å². The van der Waals surface area contributed by atoms with Crippen molar-refractivity contribution in [2.75, 3.05) is 42.5 Å². The summed E-state index contributed by atoms with van der Waals surface area (Å²) in [6.07, 6.45) is 2.15. The van der Waals surface area contributed by atoms with E-state index in [-0.39, 0.29) is 6.54 Å². The van der Waals surface area contributed by atoms with Gasteiger partial charge in [0.15, 0.2) is 0 Å². The first-order valence-corrected chi connectivity index (χ1v) is 8.73. The molecule has 0 atom stereocenters. The molecule has 4 amide bonds. The van der Waals surface area contributed by atoms with Gasteiger partial charge in [-0.05, 0) is 24.3 Å². The second kappa shape index (κ2) is 8.91. The van der Waals surface area contributed by atoms with Crippen LogP contribution in [0, 0.1) is 0 Å². The molecule has 2 heterocycles. The molecular formula is C19H21N5O3. The van der Waals surface area contributed by atoms with Crippen molar-refractivity contribution in [2.24, 2.45) is 0 Å². The summed E-state index contributed by atoms with van der Waals surface area (Å²) in [5.74, 6) is 0.309. The monoisotopic (exact) mass is 367 g/mol. The van der Waals surface area contributed by atoms with E-state index in [2.05, 4.69) is 10.3 Å². The predicted octanol–water partition coefficient (Wildman–Crippen LogP) is 1.74. The van der Waals surface area contributed by atoms with Crippen molar-refractivity contribution in [3.63, 3.8) is 0 Å². The van der Waals surface area contributed by atoms with E-state index in [1.807, 2.05) is 6.07 Å². The molecule has 1 aromatic carbocycles. The van der Waals surface area contributed by atoms with Gasteiger partial charge in [0, 0.05) is 32.4 Å². The Labute approximate surface area is 157 Å². The molecule has 0 radical (unpaired) electrons. The maximum atomic E-state index is 13.3. The Morgan fingerprint density at radius 2 is 1.78 bits per heavy atom. The number of amides is 4. The summed E-state index contributed by atoms with van der Waals surface area (Å²) in [5.41, 5.74) is 0.442. The fourth-order valence-electron chi connectivity index (χ4n) is 2.86. The van der Waals surface area contributed by atoms with Crippen molar-refractivity contribution >= 4 is 29.9 Å². The summed E-state index contributed by atoms with van der Waals surface area (Å²) in [6, 6.07) is 12.7. The molecule has 1 aliphatic heterocycles. The second-order valence-corrected chi connectivity index (χ2v) is 5.94. The Balaban J connectivity index is 1.96. The maximum absolute atomic E-state index is 13.3. The van der Waals surface area contributed by atoms with E-state index in [0.29, 0.717) is 44.0 Å². The number of imide groups is 1. The van der Waals surface area contributed by atoms with E-state index in [4.69, 9.17) is 0 Å². The summed E-state index contributed by atoms with van der Waals surface area (Å²) in [4.78, 5) is 45.7. The molecular weight excluding hydrogens is 346 g/mol. The van der Waals surface area contributed by atoms with Gasteiger partial charge >= 0.3 is 12.1 Å². The number of rotatable bonds is 4. The van der Waals surface area contributed by atoms with Gasteiger partial charge in [-0.2, -0.15) is 0 Å². The number of nitrogens with one attached hydrogen (secondary N) is 1. The number of hydrogen-bond donors (Lipinski definition) is 1. The molecule has 1 aliphatic rings. The lowest BCUT2D eigenvalue weighted by Crippen LogP contribution is -2.56. The molecule has 1 saturated heterocycles. The molecule has 3 rings (SSSR count). The van der Waals surface area contributed by atoms with E-state index in [9.17, 15) is 14.4 Å². The van der Waals surface area contributed by atoms with Crippen LogP contribution in [-0.2, 0) is 4.79 Å². The lowest BCUT2D eigenvalue weighted by molar-refractivity contribution is -0.106. The van der Waals surface area contributed by atoms with Gasteiger partial charge < -0.3 is 15.0 Å². The second-order valence-electron chi connectivity index (χ2n) is 5.94. The molecule has 0 spiro atoms. The Morgan fingerprint density at radius 3 is 2.41 bits per heavy atom. The normalized spacial score (nSPS) is 13.7. The minimum atomic E-state index is -0.615. The van der Waals surface area contributed by atoms with Crippen LogP contribution in [0.2, 0.25) is 0 Å². The summed E-state index contributed by atoms with van der Waals surface area (Å²) in [7, 11) is 0. The van der Waals surface area contributed by atoms with E-state index in [0.717, 1.165) is 4.90 Å². The fourth-order valence-corrected chi connectivity index (χ4v) is 2.86. The highest BCUT2D eigenvalue weighted by molar-refractivity contribution is 6.19. The predicted molar refractivity (Wildman–Crippen MR) is 102 cm³/mol. The Hall–Kier alpha value is -3.26. The molecule has 140 valence electrons. The largest absolute Gasteiger partial charge is 0.338 e. The fraction of sp³-hybridized carbons (Fsp3) is 0.263. The smallest absolute Gasteiger partial charge is 0.321 e. The molecule has 8 heteroatoms. The van der Waals surface area contributed by atoms with Crippen LogP contribution >= 0.6 is 0 Å². The quantitative estimate of drug-likeness (QED) is 0.832. The minimum absolute atomic E-state index is 0.200. The lowest BCUT2D eigenvalue weighted by Gasteiger charge is -2.34. The average Bonchev–Trinajstić information content (AvgIpc) is 2.74. The van der Waals surface area contributed by atoms with Crippen molar-refractivity contribution in [1.29, 1.82) is 0 Å². The summed E-state index contributed by atoms with van der Waals surface area (Å²) in [6.45, 7) is 2.15. The van der Waals surface area contributed by atoms with Gasteiger partial charge in [0.25, 0.3) is 0 Å². The van der Waals surface area contributed by atoms with Gasteiger partial charge in [0.05, 0.1) is 12.2 Å². The number of carbonyl (C=O) groups excluding carboxylic acids is 3. The highest BCUT2D eigenvalue weighted by atomic mass is 16.2. The zero-order chi connectivity index (χ0) is 19.1. The van der Waals surface area contributed by atoms with E-state index >= 15 is 0 Å². The number of urea groups is 2. The number of carbonyl (C=O) groups is 3. The van der Waals surface area contributed by atoms with Crippen molar-refractivity contribution < 1.29 is 14.4 Å². The zero-order valence-corrected chi connectivity index (χ0v) is 14.8. The molecule has 0 unspecified atom stereocenters. The van der Waals surface area contributed by atoms with Crippen molar-refractivity contribution in [2.45, 2.75) is 0 Å². The standard InChI is InChI=1S/C19H21N5O3/c25-15-14-23(17-8-4-5-9-21-17)19(27)24(16-6-2-1-3-7-16)18(26)22-12-10-20-11-13-22/h1-9,15,20H,10-14H2. The molecule has 0 saturated carbocycles. The number of hydrogen-bond acceptors (Lipinski definition) is 5. The third-order valence-corrected chi connectivity index (χ3v) is 4.20. The van der Waals surface area contributed by atoms with Crippen LogP contribution < -0.4 is 15.1 Å². The number of pyridine rings is 1. The van der Waals surface area contributed by atoms with Gasteiger partial charge in [0.1, 0.15) is 12.1 Å². The van der Waals surface area contributed by atoms with E-state index in [1.165, 1.54) is 11.1 Å². The first kappa shape index (κ1) is 18.5. The zero-order valence-electron chi connectivity index (χ0n) is 14.8. The van der Waals surface area contributed by atoms with Crippen molar-refractivity contribution in [3.8, 4) is 0 Å². The summed E-state index contributed by atoms with van der Waals surface area (Å²) in [5, 5.41) is 3.18. The third kappa shape index (κ3) is 4.29. The van der Waals surface area contributed by atoms with Gasteiger partial charge in [-0.15, -0.1) is 0 Å². The molecule has 1 aromatic heterocycles. The van der Waals surface area contributed by atoms with Gasteiger partial charge in [-0.25, -0.2) is 19.5 Å². The molecule has 0 bridgehead atoms. The Morgan fingerprint density at radius 1 is 1.07 bits per heavy atom. The number of aldehydes is 1. The van der Waals surface area contributed by atoms with Crippen LogP contribution in [0.15, 0.2) is 54.7 Å². The molecule has 1 fully saturated rings. The summed E-state index contributed by atoms with van der Waals surface area (Å²) >= 11 is 0. The molecule has 27 heavy (non-hydrogen) atoms. The highest BCUT2D eigenvalue weighted by Gasteiger charge is 2.33. The SMILES string of the molecule is O=CCN(C(=O)N(C(=O)N1CCNCC1)c1ccccc1)c1ccccn1. The average molecular weight is 367 g/mol. The number of para-hydroxylation sites is 1. The maximum Gasteiger partial charge on any atom is 0.338 e. The van der Waals surface area contributed by atoms with Gasteiger partial charge in [0.2, 0.25) is 0 Å². The molecule has 8 nitrogen and oxygen atoms in total. The molecule has 1 N–H and O–H groups in total. The van der Waals surface area contributed by atoms with Crippen molar-refractivity contribution in [3.05, 3.63) is 54.7 Å². The number of piperazine rings is 1. The Kier molecular flexibility index (Phi) is 6.11. The summed E-state index contributed by atoms with van der Waals surface area (Å²) < 4.78 is 0. The van der Waals surface area contributed by atoms with Crippen LogP contribution in [0.5, 0.6) is 0 Å². The first-order valence-electron chi connectivity index (χ1n) is 8.73. The first-order chi connectivity index (χ1) is 13.2. The highest BCUT2D eigenvalue weighted by Crippen LogP contribution is 2.21. The molecule has 2 aromatic rings. The number of nitrogens with zero attached hydrogens (tertiary/aromatic N) is 4. The van der Waals surface area contributed by atoms with Crippen molar-refractivity contribution in [1.82, 2.24) is 15.2 Å². The van der Waals surface area contributed by atoms with Gasteiger partial charge in [-0.1, -0.05) is 24.3 Å². The lowest BCUT2D eigenvalue weighted by atomic mass is 10.3. The van der Waals surface area contributed by atoms with Crippen LogP contribution in [0.1, 0.15) is 0 Å². The van der Waals surface area contributed by atoms with E-state index in [1.54, 1.807) is 47.4 Å². The Bertz CT molecular complexity index is 778. The van der Waals surface area contributed by atoms with Crippen LogP contribution in [0.25, 0.3) is 0 Å². The van der Waals surface area contributed by atoms with E-state index < -0.39 is 12.1 Å². The number of anilines is 2. The molecule has 0 aliphatic carbocycles. The third-order valence-electron chi connectivity index (χ3n) is 4.20. The van der Waals surface area contributed by atoms with Crippen LogP contribution in [-0.4, -0.2) is 61.0 Å². The van der Waals surface area contributed by atoms with Gasteiger partial charge in [-0.3, -0.25) is 4.90 Å². The number of benzene rings is 1. The van der Waals surface area contributed by atoms with Crippen LogP contribution in [0.3, 0.4) is 0 Å². The minimum Gasteiger partial charge on any atom is -0.321 e. The topological polar surface area (TPSA) is 85.9 Å². The number of aromatic nitrogens is 1.